The standard InChI is InChI=1S/C18H22ClN3O3S/c1-13-4-7-15(19)12-17(13)21-26(24,25)16-8-5-14(6-9-16)18(23)20-10-11-22(2)3/h4-9,12,21H,10-11H2,1-3H3,(H,20,23). The van der Waals surface area contributed by atoms with E-state index in [9.17, 15) is 13.2 Å². The molecule has 0 fully saturated rings. The zero-order chi connectivity index (χ0) is 19.3. The highest BCUT2D eigenvalue weighted by Gasteiger charge is 2.16. The minimum Gasteiger partial charge on any atom is -0.351 e. The Bertz CT molecular complexity index is 881. The van der Waals surface area contributed by atoms with Crippen LogP contribution < -0.4 is 10.0 Å². The lowest BCUT2D eigenvalue weighted by Crippen LogP contribution is -2.31. The van der Waals surface area contributed by atoms with Gasteiger partial charge in [0.05, 0.1) is 10.6 Å². The lowest BCUT2D eigenvalue weighted by Gasteiger charge is -2.12. The number of carbonyl (C=O) groups excluding carboxylic acids is 1. The van der Waals surface area contributed by atoms with Gasteiger partial charge in [0.15, 0.2) is 0 Å². The Morgan fingerprint density at radius 1 is 1.12 bits per heavy atom. The molecule has 0 aromatic heterocycles. The van der Waals surface area contributed by atoms with Crippen molar-refractivity contribution >= 4 is 33.2 Å². The Morgan fingerprint density at radius 3 is 2.38 bits per heavy atom. The molecule has 0 bridgehead atoms. The van der Waals surface area contributed by atoms with Crippen LogP contribution >= 0.6 is 11.6 Å². The molecule has 0 spiro atoms. The van der Waals surface area contributed by atoms with Crippen LogP contribution in [0.4, 0.5) is 5.69 Å². The van der Waals surface area contributed by atoms with Gasteiger partial charge >= 0.3 is 0 Å². The van der Waals surface area contributed by atoms with Crippen molar-refractivity contribution in [3.05, 3.63) is 58.6 Å². The molecule has 0 saturated carbocycles. The van der Waals surface area contributed by atoms with Crippen LogP contribution in [0.1, 0.15) is 15.9 Å². The van der Waals surface area contributed by atoms with Crippen LogP contribution in [0.5, 0.6) is 0 Å². The highest BCUT2D eigenvalue weighted by atomic mass is 35.5. The van der Waals surface area contributed by atoms with Gasteiger partial charge in [0.2, 0.25) is 0 Å². The molecule has 6 nitrogen and oxygen atoms in total. The zero-order valence-electron chi connectivity index (χ0n) is 14.9. The summed E-state index contributed by atoms with van der Waals surface area (Å²) in [7, 11) is 0.0640. The fourth-order valence-electron chi connectivity index (χ4n) is 2.19. The van der Waals surface area contributed by atoms with Gasteiger partial charge in [-0.1, -0.05) is 17.7 Å². The third-order valence-electron chi connectivity index (χ3n) is 3.72. The number of likely N-dealkylation sites (N-methyl/N-ethyl adjacent to an activating group) is 1. The second kappa shape index (κ2) is 8.53. The minimum atomic E-state index is -3.77. The number of anilines is 1. The van der Waals surface area contributed by atoms with Gasteiger partial charge in [-0.25, -0.2) is 8.42 Å². The van der Waals surface area contributed by atoms with Crippen LogP contribution in [0.2, 0.25) is 5.02 Å². The summed E-state index contributed by atoms with van der Waals surface area (Å²) in [5.74, 6) is -0.241. The van der Waals surface area contributed by atoms with Crippen LogP contribution in [-0.4, -0.2) is 46.4 Å². The van der Waals surface area contributed by atoms with Crippen LogP contribution in [0.15, 0.2) is 47.4 Å². The molecule has 2 rings (SSSR count). The summed E-state index contributed by atoms with van der Waals surface area (Å²) in [6.45, 7) is 3.03. The SMILES string of the molecule is Cc1ccc(Cl)cc1NS(=O)(=O)c1ccc(C(=O)NCCN(C)C)cc1. The van der Waals surface area contributed by atoms with E-state index in [2.05, 4.69) is 10.0 Å². The number of benzene rings is 2. The molecule has 0 aliphatic rings. The molecule has 2 aromatic carbocycles. The molecule has 0 atom stereocenters. The minimum absolute atomic E-state index is 0.0710. The number of amides is 1. The van der Waals surface area contributed by atoms with E-state index >= 15 is 0 Å². The van der Waals surface area contributed by atoms with Gasteiger partial charge in [-0.15, -0.1) is 0 Å². The summed E-state index contributed by atoms with van der Waals surface area (Å²) in [4.78, 5) is 14.1. The third kappa shape index (κ3) is 5.45. The number of halogens is 1. The Morgan fingerprint density at radius 2 is 1.77 bits per heavy atom. The number of rotatable bonds is 7. The summed E-state index contributed by atoms with van der Waals surface area (Å²) in [5.41, 5.74) is 1.58. The smallest absolute Gasteiger partial charge is 0.261 e. The van der Waals surface area contributed by atoms with Crippen molar-refractivity contribution in [1.29, 1.82) is 0 Å². The number of nitrogens with one attached hydrogen (secondary N) is 2. The van der Waals surface area contributed by atoms with Gasteiger partial charge in [0.1, 0.15) is 0 Å². The number of carbonyl (C=O) groups is 1. The normalized spacial score (nSPS) is 11.4. The number of hydrogen-bond donors (Lipinski definition) is 2. The Balaban J connectivity index is 2.11. The van der Waals surface area contributed by atoms with Crippen molar-refractivity contribution in [3.63, 3.8) is 0 Å². The van der Waals surface area contributed by atoms with E-state index < -0.39 is 10.0 Å². The van der Waals surface area contributed by atoms with E-state index in [-0.39, 0.29) is 10.8 Å². The van der Waals surface area contributed by atoms with E-state index in [1.807, 2.05) is 19.0 Å². The topological polar surface area (TPSA) is 78.5 Å². The van der Waals surface area contributed by atoms with Gasteiger partial charge in [-0.3, -0.25) is 9.52 Å². The van der Waals surface area contributed by atoms with Crippen molar-refractivity contribution in [2.75, 3.05) is 31.9 Å². The predicted molar refractivity (Wildman–Crippen MR) is 104 cm³/mol. The molecule has 0 unspecified atom stereocenters. The van der Waals surface area contributed by atoms with Crippen molar-refractivity contribution in [2.45, 2.75) is 11.8 Å². The zero-order valence-corrected chi connectivity index (χ0v) is 16.5. The predicted octanol–water partition coefficient (Wildman–Crippen LogP) is 2.74. The van der Waals surface area contributed by atoms with Crippen LogP contribution in [0.3, 0.4) is 0 Å². The summed E-state index contributed by atoms with van der Waals surface area (Å²) >= 11 is 5.93. The van der Waals surface area contributed by atoms with Gasteiger partial charge in [-0.2, -0.15) is 0 Å². The summed E-state index contributed by atoms with van der Waals surface area (Å²) in [5, 5.41) is 3.22. The van der Waals surface area contributed by atoms with Gasteiger partial charge in [-0.05, 0) is 63.0 Å². The summed E-state index contributed by atoms with van der Waals surface area (Å²) in [6.07, 6.45) is 0. The van der Waals surface area contributed by atoms with Gasteiger partial charge < -0.3 is 10.2 Å². The maximum Gasteiger partial charge on any atom is 0.261 e. The molecule has 140 valence electrons. The lowest BCUT2D eigenvalue weighted by atomic mass is 10.2. The first-order valence-electron chi connectivity index (χ1n) is 8.01. The molecular formula is C18H22ClN3O3S. The number of aryl methyl sites for hydroxylation is 1. The van der Waals surface area contributed by atoms with Crippen LogP contribution in [0.25, 0.3) is 0 Å². The molecule has 0 aliphatic heterocycles. The fraction of sp³-hybridized carbons (Fsp3) is 0.278. The van der Waals surface area contributed by atoms with Crippen LogP contribution in [0, 0.1) is 6.92 Å². The lowest BCUT2D eigenvalue weighted by molar-refractivity contribution is 0.0951. The van der Waals surface area contributed by atoms with Gasteiger partial charge in [0, 0.05) is 23.7 Å². The molecule has 8 heteroatoms. The average Bonchev–Trinajstić information content (AvgIpc) is 2.57. The second-order valence-corrected chi connectivity index (χ2v) is 8.27. The first-order valence-corrected chi connectivity index (χ1v) is 9.87. The number of sulfonamides is 1. The molecule has 0 saturated heterocycles. The quantitative estimate of drug-likeness (QED) is 0.755. The first-order chi connectivity index (χ1) is 12.2. The van der Waals surface area contributed by atoms with Crippen molar-refractivity contribution in [3.8, 4) is 0 Å². The third-order valence-corrected chi connectivity index (χ3v) is 5.33. The largest absolute Gasteiger partial charge is 0.351 e. The Kier molecular flexibility index (Phi) is 6.63. The number of hydrogen-bond acceptors (Lipinski definition) is 4. The molecule has 0 radical (unpaired) electrons. The van der Waals surface area contributed by atoms with E-state index in [1.54, 1.807) is 25.1 Å². The Hall–Kier alpha value is -2.09. The maximum absolute atomic E-state index is 12.5. The molecule has 2 aromatic rings. The number of nitrogens with zero attached hydrogens (tertiary/aromatic N) is 1. The van der Waals surface area contributed by atoms with E-state index in [4.69, 9.17) is 11.6 Å². The van der Waals surface area contributed by atoms with Crippen molar-refractivity contribution in [1.82, 2.24) is 10.2 Å². The highest BCUT2D eigenvalue weighted by molar-refractivity contribution is 7.92. The van der Waals surface area contributed by atoms with Gasteiger partial charge in [0.25, 0.3) is 15.9 Å². The first kappa shape index (κ1) is 20.2. The second-order valence-electron chi connectivity index (χ2n) is 6.15. The average molecular weight is 396 g/mol. The molecule has 26 heavy (non-hydrogen) atoms. The molecule has 1 amide bonds. The van der Waals surface area contributed by atoms with E-state index in [1.165, 1.54) is 24.3 Å². The molecule has 2 N–H and O–H groups in total. The highest BCUT2D eigenvalue weighted by Crippen LogP contribution is 2.23. The van der Waals surface area contributed by atoms with E-state index in [0.717, 1.165) is 12.1 Å². The van der Waals surface area contributed by atoms with Crippen molar-refractivity contribution < 1.29 is 13.2 Å². The summed E-state index contributed by atoms with van der Waals surface area (Å²) < 4.78 is 27.6. The van der Waals surface area contributed by atoms with Crippen molar-refractivity contribution in [2.24, 2.45) is 0 Å². The maximum atomic E-state index is 12.5. The molecule has 0 heterocycles. The molecule has 0 aliphatic carbocycles. The van der Waals surface area contributed by atoms with E-state index in [0.29, 0.717) is 22.8 Å². The Labute approximate surface area is 159 Å². The summed E-state index contributed by atoms with van der Waals surface area (Å²) in [6, 6.07) is 10.8. The fourth-order valence-corrected chi connectivity index (χ4v) is 3.48. The monoisotopic (exact) mass is 395 g/mol. The van der Waals surface area contributed by atoms with Crippen LogP contribution in [-0.2, 0) is 10.0 Å². The molecular weight excluding hydrogens is 374 g/mol.